The van der Waals surface area contributed by atoms with E-state index in [4.69, 9.17) is 0 Å². The van der Waals surface area contributed by atoms with Crippen LogP contribution >= 0.6 is 15.9 Å². The molecule has 5 nitrogen and oxygen atoms in total. The number of anilines is 2. The summed E-state index contributed by atoms with van der Waals surface area (Å²) in [7, 11) is 0. The first kappa shape index (κ1) is 19.4. The molecule has 27 heavy (non-hydrogen) atoms. The molecule has 2 N–H and O–H groups in total. The number of nitrogens with one attached hydrogen (secondary N) is 2. The molecule has 1 aliphatic heterocycles. The highest BCUT2D eigenvalue weighted by Gasteiger charge is 2.21. The SMILES string of the molecule is CC1CCN(C(=O)c2ccc(NCC(=O)Nc3ccccc3Br)cc2)CC1. The maximum absolute atomic E-state index is 12.6. The van der Waals surface area contributed by atoms with Crippen molar-refractivity contribution in [3.8, 4) is 0 Å². The van der Waals surface area contributed by atoms with E-state index in [0.29, 0.717) is 11.5 Å². The summed E-state index contributed by atoms with van der Waals surface area (Å²) in [5.41, 5.74) is 2.23. The van der Waals surface area contributed by atoms with Gasteiger partial charge in [-0.25, -0.2) is 0 Å². The van der Waals surface area contributed by atoms with Gasteiger partial charge in [-0.15, -0.1) is 0 Å². The Hall–Kier alpha value is -2.34. The van der Waals surface area contributed by atoms with Crippen molar-refractivity contribution >= 4 is 39.1 Å². The lowest BCUT2D eigenvalue weighted by Crippen LogP contribution is -2.37. The van der Waals surface area contributed by atoms with Gasteiger partial charge in [0, 0.05) is 28.8 Å². The van der Waals surface area contributed by atoms with Gasteiger partial charge in [-0.05, 0) is 71.1 Å². The Morgan fingerprint density at radius 1 is 1.07 bits per heavy atom. The van der Waals surface area contributed by atoms with Crippen LogP contribution in [0.4, 0.5) is 11.4 Å². The zero-order chi connectivity index (χ0) is 19.2. The van der Waals surface area contributed by atoms with Crippen molar-refractivity contribution in [1.29, 1.82) is 0 Å². The topological polar surface area (TPSA) is 61.4 Å². The van der Waals surface area contributed by atoms with Crippen molar-refractivity contribution < 1.29 is 9.59 Å². The van der Waals surface area contributed by atoms with Crippen molar-refractivity contribution in [3.05, 3.63) is 58.6 Å². The number of nitrogens with zero attached hydrogens (tertiary/aromatic N) is 1. The molecule has 1 saturated heterocycles. The van der Waals surface area contributed by atoms with Crippen LogP contribution in [0.5, 0.6) is 0 Å². The molecule has 1 heterocycles. The van der Waals surface area contributed by atoms with E-state index < -0.39 is 0 Å². The van der Waals surface area contributed by atoms with E-state index in [2.05, 4.69) is 33.5 Å². The molecule has 0 aromatic heterocycles. The molecule has 1 aliphatic rings. The molecule has 3 rings (SSSR count). The van der Waals surface area contributed by atoms with Crippen LogP contribution in [0.25, 0.3) is 0 Å². The second-order valence-electron chi connectivity index (χ2n) is 6.93. The van der Waals surface area contributed by atoms with E-state index in [1.54, 1.807) is 0 Å². The Balaban J connectivity index is 1.51. The molecule has 0 spiro atoms. The van der Waals surface area contributed by atoms with Crippen LogP contribution in [0.1, 0.15) is 30.1 Å². The molecular formula is C21H24BrN3O2. The minimum atomic E-state index is -0.135. The molecule has 0 radical (unpaired) electrons. The quantitative estimate of drug-likeness (QED) is 0.741. The lowest BCUT2D eigenvalue weighted by atomic mass is 9.98. The average molecular weight is 430 g/mol. The number of likely N-dealkylation sites (tertiary alicyclic amines) is 1. The first-order valence-electron chi connectivity index (χ1n) is 9.20. The third-order valence-corrected chi connectivity index (χ3v) is 5.50. The number of halogens is 1. The summed E-state index contributed by atoms with van der Waals surface area (Å²) in [6, 6.07) is 14.8. The van der Waals surface area contributed by atoms with Gasteiger partial charge in [-0.2, -0.15) is 0 Å². The number of benzene rings is 2. The maximum atomic E-state index is 12.6. The number of hydrogen-bond acceptors (Lipinski definition) is 3. The Labute approximate surface area is 168 Å². The number of rotatable bonds is 5. The van der Waals surface area contributed by atoms with E-state index in [-0.39, 0.29) is 18.4 Å². The molecule has 2 aromatic rings. The van der Waals surface area contributed by atoms with Crippen LogP contribution in [0, 0.1) is 5.92 Å². The number of piperidine rings is 1. The summed E-state index contributed by atoms with van der Waals surface area (Å²) >= 11 is 3.41. The third-order valence-electron chi connectivity index (χ3n) is 4.80. The van der Waals surface area contributed by atoms with Gasteiger partial charge in [0.05, 0.1) is 12.2 Å². The number of carbonyl (C=O) groups is 2. The van der Waals surface area contributed by atoms with Gasteiger partial charge in [0.15, 0.2) is 0 Å². The fraction of sp³-hybridized carbons (Fsp3) is 0.333. The van der Waals surface area contributed by atoms with Gasteiger partial charge in [0.2, 0.25) is 5.91 Å². The highest BCUT2D eigenvalue weighted by molar-refractivity contribution is 9.10. The normalized spacial score (nSPS) is 14.7. The fourth-order valence-electron chi connectivity index (χ4n) is 3.06. The lowest BCUT2D eigenvalue weighted by Gasteiger charge is -2.30. The van der Waals surface area contributed by atoms with Gasteiger partial charge >= 0.3 is 0 Å². The lowest BCUT2D eigenvalue weighted by molar-refractivity contribution is -0.114. The van der Waals surface area contributed by atoms with Gasteiger partial charge in [-0.1, -0.05) is 19.1 Å². The largest absolute Gasteiger partial charge is 0.376 e. The van der Waals surface area contributed by atoms with Gasteiger partial charge in [0.1, 0.15) is 0 Å². The predicted octanol–water partition coefficient (Wildman–Crippen LogP) is 4.37. The number of para-hydroxylation sites is 1. The van der Waals surface area contributed by atoms with Crippen molar-refractivity contribution in [1.82, 2.24) is 4.90 Å². The summed E-state index contributed by atoms with van der Waals surface area (Å²) < 4.78 is 0.841. The minimum Gasteiger partial charge on any atom is -0.376 e. The van der Waals surface area contributed by atoms with Crippen LogP contribution < -0.4 is 10.6 Å². The molecule has 142 valence electrons. The van der Waals surface area contributed by atoms with Crippen LogP contribution in [-0.2, 0) is 4.79 Å². The number of amides is 2. The molecular weight excluding hydrogens is 406 g/mol. The Morgan fingerprint density at radius 2 is 1.74 bits per heavy atom. The molecule has 0 bridgehead atoms. The second-order valence-corrected chi connectivity index (χ2v) is 7.79. The van der Waals surface area contributed by atoms with Gasteiger partial charge in [-0.3, -0.25) is 9.59 Å². The number of hydrogen-bond donors (Lipinski definition) is 2. The van der Waals surface area contributed by atoms with Crippen LogP contribution in [0.2, 0.25) is 0 Å². The summed E-state index contributed by atoms with van der Waals surface area (Å²) in [5.74, 6) is 0.646. The zero-order valence-electron chi connectivity index (χ0n) is 15.4. The Bertz CT molecular complexity index is 799. The second kappa shape index (κ2) is 9.04. The summed E-state index contributed by atoms with van der Waals surface area (Å²) in [6.07, 6.45) is 2.13. The molecule has 0 aliphatic carbocycles. The molecule has 0 unspecified atom stereocenters. The Kier molecular flexibility index (Phi) is 6.50. The van der Waals surface area contributed by atoms with E-state index in [1.807, 2.05) is 53.4 Å². The number of carbonyl (C=O) groups excluding carboxylic acids is 2. The van der Waals surface area contributed by atoms with Crippen LogP contribution in [0.3, 0.4) is 0 Å². The van der Waals surface area contributed by atoms with Crippen molar-refractivity contribution in [3.63, 3.8) is 0 Å². The third kappa shape index (κ3) is 5.32. The monoisotopic (exact) mass is 429 g/mol. The van der Waals surface area contributed by atoms with Crippen molar-refractivity contribution in [2.45, 2.75) is 19.8 Å². The maximum Gasteiger partial charge on any atom is 0.253 e. The van der Waals surface area contributed by atoms with Gasteiger partial charge in [0.25, 0.3) is 5.91 Å². The Morgan fingerprint density at radius 3 is 2.41 bits per heavy atom. The standard InChI is InChI=1S/C21H24BrN3O2/c1-15-10-12-25(13-11-15)21(27)16-6-8-17(9-7-16)23-14-20(26)24-19-5-3-2-4-18(19)22/h2-9,15,23H,10-14H2,1H3,(H,24,26). The summed E-state index contributed by atoms with van der Waals surface area (Å²) in [6.45, 7) is 4.04. The highest BCUT2D eigenvalue weighted by Crippen LogP contribution is 2.21. The summed E-state index contributed by atoms with van der Waals surface area (Å²) in [5, 5.41) is 5.93. The molecule has 0 atom stereocenters. The van der Waals surface area contributed by atoms with E-state index >= 15 is 0 Å². The van der Waals surface area contributed by atoms with E-state index in [9.17, 15) is 9.59 Å². The van der Waals surface area contributed by atoms with Crippen molar-refractivity contribution in [2.75, 3.05) is 30.3 Å². The molecule has 1 fully saturated rings. The van der Waals surface area contributed by atoms with Gasteiger partial charge < -0.3 is 15.5 Å². The molecule has 2 aromatic carbocycles. The molecule has 0 saturated carbocycles. The minimum absolute atomic E-state index is 0.0834. The smallest absolute Gasteiger partial charge is 0.253 e. The first-order chi connectivity index (χ1) is 13.0. The fourth-order valence-corrected chi connectivity index (χ4v) is 3.45. The predicted molar refractivity (Wildman–Crippen MR) is 112 cm³/mol. The van der Waals surface area contributed by atoms with Crippen molar-refractivity contribution in [2.24, 2.45) is 5.92 Å². The average Bonchev–Trinajstić information content (AvgIpc) is 2.69. The summed E-state index contributed by atoms with van der Waals surface area (Å²) in [4.78, 5) is 26.6. The van der Waals surface area contributed by atoms with E-state index in [1.165, 1.54) is 0 Å². The zero-order valence-corrected chi connectivity index (χ0v) is 17.0. The van der Waals surface area contributed by atoms with Crippen LogP contribution in [0.15, 0.2) is 53.0 Å². The van der Waals surface area contributed by atoms with Crippen LogP contribution in [-0.4, -0.2) is 36.3 Å². The molecule has 2 amide bonds. The highest BCUT2D eigenvalue weighted by atomic mass is 79.9. The van der Waals surface area contributed by atoms with E-state index in [0.717, 1.165) is 41.8 Å². The molecule has 6 heteroatoms. The first-order valence-corrected chi connectivity index (χ1v) is 10.00.